The standard InChI is InChI=1S/C22H22O6/c1-2-22(11-23,12-24)13-28-21(27)19-10-17-8-15-6-4-3-5-14(15)7-16(17)9-18(19)20(25)26/h3-10,23-24H,2,11-13H2,1H3,(H,25,26). The van der Waals surface area contributed by atoms with Crippen LogP contribution in [-0.4, -0.2) is 47.1 Å². The van der Waals surface area contributed by atoms with Crippen molar-refractivity contribution in [3.8, 4) is 0 Å². The lowest BCUT2D eigenvalue weighted by Crippen LogP contribution is -2.35. The lowest BCUT2D eigenvalue weighted by Gasteiger charge is -2.27. The first-order valence-electron chi connectivity index (χ1n) is 9.02. The largest absolute Gasteiger partial charge is 0.478 e. The molecule has 6 nitrogen and oxygen atoms in total. The van der Waals surface area contributed by atoms with E-state index in [0.29, 0.717) is 11.8 Å². The second-order valence-corrected chi connectivity index (χ2v) is 7.00. The molecule has 3 rings (SSSR count). The van der Waals surface area contributed by atoms with Crippen molar-refractivity contribution in [3.05, 3.63) is 59.7 Å². The summed E-state index contributed by atoms with van der Waals surface area (Å²) in [4.78, 5) is 24.3. The molecule has 28 heavy (non-hydrogen) atoms. The van der Waals surface area contributed by atoms with Crippen molar-refractivity contribution < 1.29 is 29.6 Å². The number of carbonyl (C=O) groups excluding carboxylic acids is 1. The first-order valence-corrected chi connectivity index (χ1v) is 9.02. The zero-order valence-electron chi connectivity index (χ0n) is 15.5. The first-order chi connectivity index (χ1) is 13.4. The predicted octanol–water partition coefficient (Wildman–Crippen LogP) is 3.23. The molecule has 0 amide bonds. The van der Waals surface area contributed by atoms with Crippen LogP contribution in [0.2, 0.25) is 0 Å². The average Bonchev–Trinajstić information content (AvgIpc) is 2.72. The Balaban J connectivity index is 2.03. The lowest BCUT2D eigenvalue weighted by molar-refractivity contribution is -0.0178. The Labute approximate surface area is 162 Å². The van der Waals surface area contributed by atoms with E-state index < -0.39 is 17.4 Å². The van der Waals surface area contributed by atoms with Crippen LogP contribution in [0.25, 0.3) is 21.5 Å². The fourth-order valence-corrected chi connectivity index (χ4v) is 3.10. The van der Waals surface area contributed by atoms with Crippen LogP contribution in [0.4, 0.5) is 0 Å². The molecule has 0 spiro atoms. The topological polar surface area (TPSA) is 104 Å². The van der Waals surface area contributed by atoms with E-state index in [2.05, 4.69) is 0 Å². The lowest BCUT2D eigenvalue weighted by atomic mass is 9.88. The molecule has 3 aromatic carbocycles. The first kappa shape index (κ1) is 19.8. The Morgan fingerprint density at radius 2 is 1.43 bits per heavy atom. The van der Waals surface area contributed by atoms with Gasteiger partial charge in [0.15, 0.2) is 0 Å². The zero-order valence-corrected chi connectivity index (χ0v) is 15.5. The molecule has 6 heteroatoms. The predicted molar refractivity (Wildman–Crippen MR) is 106 cm³/mol. The van der Waals surface area contributed by atoms with Gasteiger partial charge in [0.25, 0.3) is 0 Å². The van der Waals surface area contributed by atoms with Crippen LogP contribution >= 0.6 is 0 Å². The molecular formula is C22H22O6. The van der Waals surface area contributed by atoms with Crippen LogP contribution in [-0.2, 0) is 4.74 Å². The molecule has 0 unspecified atom stereocenters. The van der Waals surface area contributed by atoms with E-state index in [9.17, 15) is 24.9 Å². The van der Waals surface area contributed by atoms with Gasteiger partial charge in [0.05, 0.1) is 29.8 Å². The van der Waals surface area contributed by atoms with Crippen molar-refractivity contribution in [3.63, 3.8) is 0 Å². The maximum atomic E-state index is 12.6. The van der Waals surface area contributed by atoms with E-state index in [1.54, 1.807) is 6.92 Å². The van der Waals surface area contributed by atoms with Crippen LogP contribution < -0.4 is 0 Å². The molecule has 0 atom stereocenters. The summed E-state index contributed by atoms with van der Waals surface area (Å²) in [6.07, 6.45) is 0.406. The Kier molecular flexibility index (Phi) is 5.63. The molecule has 0 aliphatic rings. The minimum absolute atomic E-state index is 0.0591. The van der Waals surface area contributed by atoms with Gasteiger partial charge in [-0.1, -0.05) is 31.2 Å². The third kappa shape index (κ3) is 3.69. The van der Waals surface area contributed by atoms with Crippen LogP contribution in [0.5, 0.6) is 0 Å². The van der Waals surface area contributed by atoms with E-state index in [4.69, 9.17) is 4.74 Å². The SMILES string of the molecule is CCC(CO)(CO)COC(=O)c1cc2cc3ccccc3cc2cc1C(=O)O. The van der Waals surface area contributed by atoms with Gasteiger partial charge < -0.3 is 20.1 Å². The maximum absolute atomic E-state index is 12.6. The van der Waals surface area contributed by atoms with Gasteiger partial charge >= 0.3 is 11.9 Å². The number of ether oxygens (including phenoxy) is 1. The maximum Gasteiger partial charge on any atom is 0.339 e. The van der Waals surface area contributed by atoms with E-state index >= 15 is 0 Å². The van der Waals surface area contributed by atoms with E-state index in [1.165, 1.54) is 12.1 Å². The molecule has 3 aromatic rings. The molecule has 0 aliphatic carbocycles. The molecule has 0 radical (unpaired) electrons. The van der Waals surface area contributed by atoms with E-state index in [0.717, 1.165) is 16.2 Å². The summed E-state index contributed by atoms with van der Waals surface area (Å²) in [7, 11) is 0. The average molecular weight is 382 g/mol. The Morgan fingerprint density at radius 1 is 0.893 bits per heavy atom. The van der Waals surface area contributed by atoms with Crippen molar-refractivity contribution in [1.82, 2.24) is 0 Å². The van der Waals surface area contributed by atoms with Gasteiger partial charge in [-0.25, -0.2) is 9.59 Å². The third-order valence-electron chi connectivity index (χ3n) is 5.22. The van der Waals surface area contributed by atoms with Gasteiger partial charge in [0, 0.05) is 0 Å². The molecule has 0 fully saturated rings. The van der Waals surface area contributed by atoms with Crippen LogP contribution in [0.15, 0.2) is 48.5 Å². The summed E-state index contributed by atoms with van der Waals surface area (Å²) >= 11 is 0. The summed E-state index contributed by atoms with van der Waals surface area (Å²) in [6, 6.07) is 14.4. The minimum atomic E-state index is -1.23. The van der Waals surface area contributed by atoms with Crippen LogP contribution in [0.1, 0.15) is 34.1 Å². The van der Waals surface area contributed by atoms with Gasteiger partial charge in [-0.05, 0) is 52.2 Å². The molecule has 0 bridgehead atoms. The monoisotopic (exact) mass is 382 g/mol. The van der Waals surface area contributed by atoms with Crippen LogP contribution in [0, 0.1) is 5.41 Å². The van der Waals surface area contributed by atoms with Crippen molar-refractivity contribution >= 4 is 33.5 Å². The molecule has 0 aliphatic heterocycles. The second kappa shape index (κ2) is 7.96. The van der Waals surface area contributed by atoms with Crippen molar-refractivity contribution in [2.75, 3.05) is 19.8 Å². The number of fused-ring (bicyclic) bond motifs is 2. The van der Waals surface area contributed by atoms with E-state index in [-0.39, 0.29) is 30.9 Å². The van der Waals surface area contributed by atoms with E-state index in [1.807, 2.05) is 36.4 Å². The normalized spacial score (nSPS) is 11.7. The highest BCUT2D eigenvalue weighted by Gasteiger charge is 2.30. The van der Waals surface area contributed by atoms with Crippen molar-refractivity contribution in [2.24, 2.45) is 5.41 Å². The smallest absolute Gasteiger partial charge is 0.339 e. The molecule has 0 saturated carbocycles. The molecule has 146 valence electrons. The second-order valence-electron chi connectivity index (χ2n) is 7.00. The highest BCUT2D eigenvalue weighted by molar-refractivity contribution is 6.09. The summed E-state index contributed by atoms with van der Waals surface area (Å²) in [5.74, 6) is -2.03. The van der Waals surface area contributed by atoms with Crippen molar-refractivity contribution in [1.29, 1.82) is 0 Å². The number of hydrogen-bond donors (Lipinski definition) is 3. The summed E-state index contributed by atoms with van der Waals surface area (Å²) in [6.45, 7) is 0.875. The number of aliphatic hydroxyl groups excluding tert-OH is 2. The van der Waals surface area contributed by atoms with Crippen molar-refractivity contribution in [2.45, 2.75) is 13.3 Å². The summed E-state index contributed by atoms with van der Waals surface area (Å²) in [5, 5.41) is 31.9. The highest BCUT2D eigenvalue weighted by Crippen LogP contribution is 2.27. The molecule has 3 N–H and O–H groups in total. The number of rotatable bonds is 7. The van der Waals surface area contributed by atoms with Gasteiger partial charge in [0.1, 0.15) is 6.61 Å². The quantitative estimate of drug-likeness (QED) is 0.428. The zero-order chi connectivity index (χ0) is 20.3. The molecular weight excluding hydrogens is 360 g/mol. The summed E-state index contributed by atoms with van der Waals surface area (Å²) < 4.78 is 5.27. The highest BCUT2D eigenvalue weighted by atomic mass is 16.5. The fourth-order valence-electron chi connectivity index (χ4n) is 3.10. The van der Waals surface area contributed by atoms with Gasteiger partial charge in [0.2, 0.25) is 0 Å². The fraction of sp³-hybridized carbons (Fsp3) is 0.273. The number of esters is 1. The minimum Gasteiger partial charge on any atom is -0.478 e. The number of carboxylic acids is 1. The van der Waals surface area contributed by atoms with Gasteiger partial charge in [-0.15, -0.1) is 0 Å². The number of aromatic carboxylic acids is 1. The number of carboxylic acid groups (broad SMARTS) is 1. The Morgan fingerprint density at radius 3 is 1.89 bits per heavy atom. The Bertz CT molecular complexity index is 1030. The molecule has 0 aromatic heterocycles. The molecule has 0 saturated heterocycles. The third-order valence-corrected chi connectivity index (χ3v) is 5.22. The van der Waals surface area contributed by atoms with Gasteiger partial charge in [-0.3, -0.25) is 0 Å². The van der Waals surface area contributed by atoms with Gasteiger partial charge in [-0.2, -0.15) is 0 Å². The van der Waals surface area contributed by atoms with Crippen LogP contribution in [0.3, 0.4) is 0 Å². The number of benzene rings is 3. The number of hydrogen-bond acceptors (Lipinski definition) is 5. The summed E-state index contributed by atoms with van der Waals surface area (Å²) in [5.41, 5.74) is -1.16. The Hall–Kier alpha value is -2.96. The molecule has 0 heterocycles. The number of carbonyl (C=O) groups is 2. The number of aliphatic hydroxyl groups is 2.